The summed E-state index contributed by atoms with van der Waals surface area (Å²) in [6.45, 7) is 0.768. The van der Waals surface area contributed by atoms with Gasteiger partial charge in [-0.15, -0.1) is 0 Å². The molecule has 0 unspecified atom stereocenters. The second-order valence-corrected chi connectivity index (χ2v) is 6.17. The molecule has 1 aliphatic rings. The van der Waals surface area contributed by atoms with Gasteiger partial charge in [-0.25, -0.2) is 0 Å². The average Bonchev–Trinajstić information content (AvgIpc) is 3.07. The van der Waals surface area contributed by atoms with E-state index in [4.69, 9.17) is 0 Å². The minimum Gasteiger partial charge on any atom is -0.326 e. The van der Waals surface area contributed by atoms with Crippen LogP contribution in [-0.2, 0) is 4.79 Å². The summed E-state index contributed by atoms with van der Waals surface area (Å²) in [6, 6.07) is 6.46. The topological polar surface area (TPSA) is 41.1 Å². The van der Waals surface area contributed by atoms with Gasteiger partial charge in [0.2, 0.25) is 5.91 Å². The molecule has 2 rings (SSSR count). The minimum absolute atomic E-state index is 0.0660. The highest BCUT2D eigenvalue weighted by molar-refractivity contribution is 14.1. The Morgan fingerprint density at radius 1 is 1.47 bits per heavy atom. The van der Waals surface area contributed by atoms with Gasteiger partial charge in [-0.2, -0.15) is 0 Å². The zero-order valence-corrected chi connectivity index (χ0v) is 13.0. The van der Waals surface area contributed by atoms with Gasteiger partial charge in [-0.1, -0.05) is 0 Å². The first kappa shape index (κ1) is 13.3. The summed E-state index contributed by atoms with van der Waals surface area (Å²) in [7, 11) is 0. The minimum atomic E-state index is 0.0660. The first-order valence-corrected chi connectivity index (χ1v) is 7.50. The number of benzene rings is 1. The molecule has 0 bridgehead atoms. The molecule has 1 aromatic carbocycles. The van der Waals surface area contributed by atoms with E-state index < -0.39 is 0 Å². The average molecular weight is 409 g/mol. The van der Waals surface area contributed by atoms with E-state index in [9.17, 15) is 4.79 Å². The van der Waals surface area contributed by atoms with Crippen LogP contribution in [0, 0.1) is 3.57 Å². The summed E-state index contributed by atoms with van der Waals surface area (Å²) in [5.74, 6) is 0.0660. The van der Waals surface area contributed by atoms with Crippen molar-refractivity contribution in [1.29, 1.82) is 0 Å². The van der Waals surface area contributed by atoms with Crippen molar-refractivity contribution in [2.24, 2.45) is 0 Å². The molecule has 92 valence electrons. The van der Waals surface area contributed by atoms with Gasteiger partial charge in [0.25, 0.3) is 0 Å². The number of hydrogen-bond acceptors (Lipinski definition) is 2. The van der Waals surface area contributed by atoms with Gasteiger partial charge in [0, 0.05) is 32.7 Å². The molecule has 0 spiro atoms. The first-order chi connectivity index (χ1) is 8.15. The van der Waals surface area contributed by atoms with Gasteiger partial charge in [0.1, 0.15) is 0 Å². The summed E-state index contributed by atoms with van der Waals surface area (Å²) in [4.78, 5) is 11.6. The van der Waals surface area contributed by atoms with Crippen LogP contribution >= 0.6 is 38.5 Å². The van der Waals surface area contributed by atoms with Crippen LogP contribution in [0.15, 0.2) is 22.7 Å². The highest BCUT2D eigenvalue weighted by Crippen LogP contribution is 2.22. The summed E-state index contributed by atoms with van der Waals surface area (Å²) < 4.78 is 2.14. The van der Waals surface area contributed by atoms with Gasteiger partial charge in [-0.05, 0) is 69.6 Å². The van der Waals surface area contributed by atoms with Gasteiger partial charge < -0.3 is 10.6 Å². The number of halogens is 2. The molecule has 1 fully saturated rings. The number of carbonyl (C=O) groups excluding carboxylic acids is 1. The Bertz CT molecular complexity index is 421. The van der Waals surface area contributed by atoms with Gasteiger partial charge in [-0.3, -0.25) is 4.79 Å². The van der Waals surface area contributed by atoms with Crippen molar-refractivity contribution in [3.8, 4) is 0 Å². The Hall–Kier alpha value is -0.140. The van der Waals surface area contributed by atoms with Crippen molar-refractivity contribution in [1.82, 2.24) is 5.32 Å². The van der Waals surface area contributed by atoms with Crippen LogP contribution in [0.5, 0.6) is 0 Å². The van der Waals surface area contributed by atoms with E-state index in [1.165, 1.54) is 12.8 Å². The number of anilines is 1. The van der Waals surface area contributed by atoms with Gasteiger partial charge in [0.15, 0.2) is 0 Å². The second-order valence-electron chi connectivity index (χ2n) is 4.16. The number of hydrogen-bond donors (Lipinski definition) is 2. The maximum Gasteiger partial charge on any atom is 0.225 e. The normalized spacial score (nSPS) is 14.7. The Morgan fingerprint density at radius 3 is 2.88 bits per heavy atom. The molecule has 0 aromatic heterocycles. The van der Waals surface area contributed by atoms with Crippen LogP contribution in [0.1, 0.15) is 19.3 Å². The number of nitrogens with one attached hydrogen (secondary N) is 2. The van der Waals surface area contributed by atoms with E-state index in [0.717, 1.165) is 20.3 Å². The second kappa shape index (κ2) is 6.15. The largest absolute Gasteiger partial charge is 0.326 e. The van der Waals surface area contributed by atoms with Crippen LogP contribution < -0.4 is 10.6 Å². The molecule has 0 aliphatic heterocycles. The SMILES string of the molecule is O=C(CCNC1CC1)Nc1ccc(Br)c(I)c1. The van der Waals surface area contributed by atoms with E-state index in [-0.39, 0.29) is 5.91 Å². The lowest BCUT2D eigenvalue weighted by atomic mass is 10.3. The Balaban J connectivity index is 1.77. The van der Waals surface area contributed by atoms with Gasteiger partial charge in [0.05, 0.1) is 0 Å². The Kier molecular flexibility index (Phi) is 4.81. The van der Waals surface area contributed by atoms with E-state index in [2.05, 4.69) is 49.2 Å². The lowest BCUT2D eigenvalue weighted by Crippen LogP contribution is -2.23. The fourth-order valence-electron chi connectivity index (χ4n) is 1.47. The zero-order valence-electron chi connectivity index (χ0n) is 9.30. The van der Waals surface area contributed by atoms with Gasteiger partial charge >= 0.3 is 0 Å². The molecule has 3 nitrogen and oxygen atoms in total. The summed E-state index contributed by atoms with van der Waals surface area (Å²) in [6.07, 6.45) is 3.04. The fraction of sp³-hybridized carbons (Fsp3) is 0.417. The smallest absolute Gasteiger partial charge is 0.225 e. The number of carbonyl (C=O) groups is 1. The van der Waals surface area contributed by atoms with Crippen molar-refractivity contribution in [2.45, 2.75) is 25.3 Å². The van der Waals surface area contributed by atoms with Crippen molar-refractivity contribution < 1.29 is 4.79 Å². The molecular formula is C12H14BrIN2O. The molecular weight excluding hydrogens is 395 g/mol. The highest BCUT2D eigenvalue weighted by Gasteiger charge is 2.20. The van der Waals surface area contributed by atoms with Crippen molar-refractivity contribution in [3.05, 3.63) is 26.2 Å². The van der Waals surface area contributed by atoms with Crippen LogP contribution in [-0.4, -0.2) is 18.5 Å². The third kappa shape index (κ3) is 4.56. The summed E-state index contributed by atoms with van der Waals surface area (Å²) in [5.41, 5.74) is 0.856. The molecule has 1 amide bonds. The Morgan fingerprint density at radius 2 is 2.24 bits per heavy atom. The molecule has 0 heterocycles. The molecule has 0 radical (unpaired) electrons. The fourth-order valence-corrected chi connectivity index (χ4v) is 2.24. The lowest BCUT2D eigenvalue weighted by molar-refractivity contribution is -0.116. The zero-order chi connectivity index (χ0) is 12.3. The number of rotatable bonds is 5. The predicted octanol–water partition coefficient (Wildman–Crippen LogP) is 3.13. The van der Waals surface area contributed by atoms with E-state index >= 15 is 0 Å². The molecule has 1 aliphatic carbocycles. The quantitative estimate of drug-likeness (QED) is 0.735. The lowest BCUT2D eigenvalue weighted by Gasteiger charge is -2.07. The third-order valence-corrected chi connectivity index (χ3v) is 4.89. The molecule has 5 heteroatoms. The van der Waals surface area contributed by atoms with Crippen molar-refractivity contribution in [2.75, 3.05) is 11.9 Å². The maximum absolute atomic E-state index is 11.6. The summed E-state index contributed by atoms with van der Waals surface area (Å²) in [5, 5.41) is 6.22. The van der Waals surface area contributed by atoms with Crippen LogP contribution in [0.3, 0.4) is 0 Å². The molecule has 0 atom stereocenters. The maximum atomic E-state index is 11.6. The molecule has 17 heavy (non-hydrogen) atoms. The monoisotopic (exact) mass is 408 g/mol. The molecule has 1 saturated carbocycles. The van der Waals surface area contributed by atoms with Crippen LogP contribution in [0.25, 0.3) is 0 Å². The summed E-state index contributed by atoms with van der Waals surface area (Å²) >= 11 is 5.66. The van der Waals surface area contributed by atoms with E-state index in [1.54, 1.807) is 0 Å². The van der Waals surface area contributed by atoms with Crippen LogP contribution in [0.2, 0.25) is 0 Å². The van der Waals surface area contributed by atoms with E-state index in [0.29, 0.717) is 12.5 Å². The van der Waals surface area contributed by atoms with Crippen molar-refractivity contribution in [3.63, 3.8) is 0 Å². The van der Waals surface area contributed by atoms with Crippen LogP contribution in [0.4, 0.5) is 5.69 Å². The molecule has 2 N–H and O–H groups in total. The van der Waals surface area contributed by atoms with Crippen molar-refractivity contribution >= 4 is 50.1 Å². The molecule has 1 aromatic rings. The highest BCUT2D eigenvalue weighted by atomic mass is 127. The molecule has 0 saturated heterocycles. The van der Waals surface area contributed by atoms with E-state index in [1.807, 2.05) is 18.2 Å². The first-order valence-electron chi connectivity index (χ1n) is 5.63. The Labute approximate surface area is 123 Å². The third-order valence-electron chi connectivity index (χ3n) is 2.57. The predicted molar refractivity (Wildman–Crippen MR) is 81.1 cm³/mol. The standard InChI is InChI=1S/C12H14BrIN2O/c13-10-4-3-9(7-11(10)14)16-12(17)5-6-15-8-1-2-8/h3-4,7-8,15H,1-2,5-6H2,(H,16,17). The number of amides is 1.